The van der Waals surface area contributed by atoms with Crippen LogP contribution in [0.5, 0.6) is 11.5 Å². The fourth-order valence-electron chi connectivity index (χ4n) is 5.06. The van der Waals surface area contributed by atoms with Gasteiger partial charge < -0.3 is 19.7 Å². The number of hydrogen-bond acceptors (Lipinski definition) is 6. The van der Waals surface area contributed by atoms with Crippen LogP contribution in [0.1, 0.15) is 30.5 Å². The van der Waals surface area contributed by atoms with Gasteiger partial charge in [-0.05, 0) is 68.3 Å². The molecule has 1 atom stereocenters. The molecule has 2 amide bonds. The first kappa shape index (κ1) is 35.3. The van der Waals surface area contributed by atoms with Crippen molar-refractivity contribution in [1.29, 1.82) is 0 Å². The van der Waals surface area contributed by atoms with E-state index in [2.05, 4.69) is 5.32 Å². The summed E-state index contributed by atoms with van der Waals surface area (Å²) >= 11 is 6.16. The summed E-state index contributed by atoms with van der Waals surface area (Å²) in [5, 5.41) is 3.47. The molecular formula is C36H40ClN3O6S. The average molecular weight is 678 g/mol. The van der Waals surface area contributed by atoms with Crippen LogP contribution in [-0.2, 0) is 32.6 Å². The highest BCUT2D eigenvalue weighted by Gasteiger charge is 2.36. The van der Waals surface area contributed by atoms with Crippen LogP contribution in [0.15, 0.2) is 102 Å². The van der Waals surface area contributed by atoms with Gasteiger partial charge in [0.1, 0.15) is 24.1 Å². The third-order valence-electron chi connectivity index (χ3n) is 7.51. The van der Waals surface area contributed by atoms with Gasteiger partial charge in [0.05, 0.1) is 24.8 Å². The lowest BCUT2D eigenvalue weighted by Crippen LogP contribution is -2.54. The molecule has 47 heavy (non-hydrogen) atoms. The number of anilines is 1. The Kier molecular flexibility index (Phi) is 11.9. The molecule has 0 heterocycles. The molecule has 0 aliphatic rings. The predicted molar refractivity (Wildman–Crippen MR) is 184 cm³/mol. The molecule has 0 aromatic heterocycles. The second-order valence-corrected chi connectivity index (χ2v) is 13.7. The van der Waals surface area contributed by atoms with Gasteiger partial charge >= 0.3 is 0 Å². The first-order valence-electron chi connectivity index (χ1n) is 15.1. The zero-order chi connectivity index (χ0) is 34.1. The fraction of sp³-hybridized carbons (Fsp3) is 0.278. The molecule has 0 spiro atoms. The minimum Gasteiger partial charge on any atom is -0.497 e. The number of methoxy groups -OCH3 is 2. The van der Waals surface area contributed by atoms with Crippen molar-refractivity contribution >= 4 is 39.1 Å². The number of nitrogens with one attached hydrogen (secondary N) is 1. The summed E-state index contributed by atoms with van der Waals surface area (Å²) in [7, 11) is -1.44. The first-order valence-corrected chi connectivity index (χ1v) is 16.9. The van der Waals surface area contributed by atoms with Crippen LogP contribution in [0.25, 0.3) is 0 Å². The van der Waals surface area contributed by atoms with Crippen LogP contribution >= 0.6 is 11.6 Å². The highest BCUT2D eigenvalue weighted by molar-refractivity contribution is 7.92. The first-order chi connectivity index (χ1) is 22.4. The van der Waals surface area contributed by atoms with Crippen molar-refractivity contribution in [2.24, 2.45) is 0 Å². The summed E-state index contributed by atoms with van der Waals surface area (Å²) in [6.45, 7) is 4.92. The number of benzene rings is 4. The van der Waals surface area contributed by atoms with Crippen molar-refractivity contribution in [3.8, 4) is 11.5 Å². The molecule has 9 nitrogen and oxygen atoms in total. The van der Waals surface area contributed by atoms with E-state index in [-0.39, 0.29) is 41.2 Å². The Morgan fingerprint density at radius 1 is 0.851 bits per heavy atom. The molecule has 11 heteroatoms. The van der Waals surface area contributed by atoms with Gasteiger partial charge in [-0.2, -0.15) is 0 Å². The molecule has 0 saturated heterocycles. The van der Waals surface area contributed by atoms with Gasteiger partial charge in [-0.1, -0.05) is 71.8 Å². The molecular weight excluding hydrogens is 638 g/mol. The van der Waals surface area contributed by atoms with Crippen LogP contribution in [-0.4, -0.2) is 58.0 Å². The molecule has 0 bridgehead atoms. The molecule has 0 fully saturated rings. The van der Waals surface area contributed by atoms with Crippen molar-refractivity contribution in [2.75, 3.05) is 25.1 Å². The number of nitrogens with zero attached hydrogens (tertiary/aromatic N) is 2. The quantitative estimate of drug-likeness (QED) is 0.175. The number of sulfonamides is 1. The normalized spacial score (nSPS) is 11.9. The number of ether oxygens (including phenoxy) is 2. The second kappa shape index (κ2) is 15.8. The van der Waals surface area contributed by atoms with E-state index in [1.807, 2.05) is 51.1 Å². The maximum absolute atomic E-state index is 14.6. The summed E-state index contributed by atoms with van der Waals surface area (Å²) in [5.74, 6) is -0.371. The van der Waals surface area contributed by atoms with E-state index in [1.165, 1.54) is 37.3 Å². The van der Waals surface area contributed by atoms with Crippen molar-refractivity contribution < 1.29 is 27.5 Å². The Morgan fingerprint density at radius 2 is 1.51 bits per heavy atom. The summed E-state index contributed by atoms with van der Waals surface area (Å²) in [6.07, 6.45) is 0.200. The van der Waals surface area contributed by atoms with Crippen molar-refractivity contribution in [3.63, 3.8) is 0 Å². The lowest BCUT2D eigenvalue weighted by Gasteiger charge is -2.34. The van der Waals surface area contributed by atoms with Crippen LogP contribution in [0.3, 0.4) is 0 Å². The van der Waals surface area contributed by atoms with Crippen molar-refractivity contribution in [3.05, 3.63) is 119 Å². The lowest BCUT2D eigenvalue weighted by molar-refractivity contribution is -0.140. The smallest absolute Gasteiger partial charge is 0.264 e. The second-order valence-electron chi connectivity index (χ2n) is 11.4. The Labute approximate surface area is 282 Å². The summed E-state index contributed by atoms with van der Waals surface area (Å²) in [6, 6.07) is 26.2. The molecule has 0 saturated carbocycles. The minimum absolute atomic E-state index is 0.0107. The SMILES string of the molecule is COc1ccc(OC)c(N(CC(=O)N(Cc2ccc(Cl)cc2)[C@H](Cc2ccccc2)C(=O)NC(C)C)S(=O)(=O)c2ccc(C)cc2)c1. The predicted octanol–water partition coefficient (Wildman–Crippen LogP) is 6.03. The maximum atomic E-state index is 14.6. The van der Waals surface area contributed by atoms with Gasteiger partial charge in [0.15, 0.2) is 0 Å². The van der Waals surface area contributed by atoms with Crippen molar-refractivity contribution in [1.82, 2.24) is 10.2 Å². The van der Waals surface area contributed by atoms with E-state index in [1.54, 1.807) is 48.5 Å². The molecule has 248 valence electrons. The largest absolute Gasteiger partial charge is 0.497 e. The Balaban J connectivity index is 1.86. The molecule has 4 aromatic carbocycles. The Bertz CT molecular complexity index is 1770. The van der Waals surface area contributed by atoms with Gasteiger partial charge in [0, 0.05) is 30.1 Å². The van der Waals surface area contributed by atoms with Crippen LogP contribution in [0, 0.1) is 6.92 Å². The van der Waals surface area contributed by atoms with Crippen LogP contribution < -0.4 is 19.1 Å². The maximum Gasteiger partial charge on any atom is 0.264 e. The number of carbonyl (C=O) groups is 2. The van der Waals surface area contributed by atoms with Crippen molar-refractivity contribution in [2.45, 2.75) is 50.7 Å². The van der Waals surface area contributed by atoms with Crippen LogP contribution in [0.2, 0.25) is 5.02 Å². The molecule has 4 rings (SSSR count). The Hall–Kier alpha value is -4.54. The third kappa shape index (κ3) is 9.05. The number of amides is 2. The average Bonchev–Trinajstić information content (AvgIpc) is 3.06. The molecule has 0 unspecified atom stereocenters. The van der Waals surface area contributed by atoms with Gasteiger partial charge in [-0.3, -0.25) is 13.9 Å². The summed E-state index contributed by atoms with van der Waals surface area (Å²) in [5.41, 5.74) is 2.53. The molecule has 0 aliphatic heterocycles. The van der Waals surface area contributed by atoms with Gasteiger partial charge in [-0.15, -0.1) is 0 Å². The van der Waals surface area contributed by atoms with Gasteiger partial charge in [0.25, 0.3) is 10.0 Å². The minimum atomic E-state index is -4.33. The van der Waals surface area contributed by atoms with E-state index in [0.717, 1.165) is 15.4 Å². The molecule has 0 aliphatic carbocycles. The third-order valence-corrected chi connectivity index (χ3v) is 9.54. The number of rotatable bonds is 14. The summed E-state index contributed by atoms with van der Waals surface area (Å²) in [4.78, 5) is 29.9. The monoisotopic (exact) mass is 677 g/mol. The van der Waals surface area contributed by atoms with E-state index < -0.39 is 28.5 Å². The number of aryl methyl sites for hydroxylation is 1. The highest BCUT2D eigenvalue weighted by atomic mass is 35.5. The highest BCUT2D eigenvalue weighted by Crippen LogP contribution is 2.36. The van der Waals surface area contributed by atoms with Gasteiger partial charge in [-0.25, -0.2) is 8.42 Å². The summed E-state index contributed by atoms with van der Waals surface area (Å²) < 4.78 is 40.7. The zero-order valence-corrected chi connectivity index (χ0v) is 28.7. The van der Waals surface area contributed by atoms with E-state index in [0.29, 0.717) is 16.3 Å². The molecule has 1 N–H and O–H groups in total. The van der Waals surface area contributed by atoms with Crippen LogP contribution in [0.4, 0.5) is 5.69 Å². The van der Waals surface area contributed by atoms with E-state index in [9.17, 15) is 18.0 Å². The lowest BCUT2D eigenvalue weighted by atomic mass is 10.0. The van der Waals surface area contributed by atoms with E-state index in [4.69, 9.17) is 21.1 Å². The van der Waals surface area contributed by atoms with E-state index >= 15 is 0 Å². The standard InChI is InChI=1S/C36H40ClN3O6S/c1-25(2)38-36(42)33(21-27-9-7-6-8-10-27)39(23-28-13-15-29(37)16-14-28)35(41)24-40(32-22-30(45-4)17-20-34(32)46-5)47(43,44)31-18-11-26(3)12-19-31/h6-20,22,25,33H,21,23-24H2,1-5H3,(H,38,42)/t33-/m1/s1. The number of hydrogen-bond donors (Lipinski definition) is 1. The zero-order valence-electron chi connectivity index (χ0n) is 27.1. The molecule has 0 radical (unpaired) electrons. The topological polar surface area (TPSA) is 105 Å². The van der Waals surface area contributed by atoms with Gasteiger partial charge in [0.2, 0.25) is 11.8 Å². The number of carbonyl (C=O) groups excluding carboxylic acids is 2. The Morgan fingerprint density at radius 3 is 2.11 bits per heavy atom. The fourth-order valence-corrected chi connectivity index (χ4v) is 6.61. The molecule has 4 aromatic rings. The number of halogens is 1.